The molecule has 1 N–H and O–H groups in total. The van der Waals surface area contributed by atoms with Crippen molar-refractivity contribution in [1.29, 1.82) is 0 Å². The molecule has 12 nitrogen and oxygen atoms in total. The molecule has 282 valence electrons. The van der Waals surface area contributed by atoms with Crippen molar-refractivity contribution >= 4 is 17.5 Å². The average molecular weight is 715 g/mol. The van der Waals surface area contributed by atoms with Crippen LogP contribution < -0.4 is 0 Å². The Morgan fingerprint density at radius 1 is 0.745 bits per heavy atom. The Hall–Kier alpha value is -3.36. The van der Waals surface area contributed by atoms with E-state index in [2.05, 4.69) is 19.1 Å². The minimum absolute atomic E-state index is 0.0511. The summed E-state index contributed by atoms with van der Waals surface area (Å²) in [6, 6.07) is 14.2. The fourth-order valence-corrected chi connectivity index (χ4v) is 6.40. The maximum Gasteiger partial charge on any atom is 0.343 e. The zero-order valence-corrected chi connectivity index (χ0v) is 30.3. The highest BCUT2D eigenvalue weighted by atomic mass is 16.6. The van der Waals surface area contributed by atoms with Crippen molar-refractivity contribution in [2.24, 2.45) is 0 Å². The second kappa shape index (κ2) is 21.9. The summed E-state index contributed by atoms with van der Waals surface area (Å²) in [4.78, 5) is 23.9. The van der Waals surface area contributed by atoms with Crippen LogP contribution >= 0.6 is 0 Å². The molecule has 2 aromatic carbocycles. The Kier molecular flexibility index (Phi) is 17.3. The third-order valence-electron chi connectivity index (χ3n) is 8.69. The van der Waals surface area contributed by atoms with Gasteiger partial charge >= 0.3 is 11.9 Å². The smallest absolute Gasteiger partial charge is 0.343 e. The first-order chi connectivity index (χ1) is 24.8. The van der Waals surface area contributed by atoms with Gasteiger partial charge in [0.1, 0.15) is 18.8 Å². The second-order valence-electron chi connectivity index (χ2n) is 12.7. The fourth-order valence-electron chi connectivity index (χ4n) is 6.40. The molecule has 1 aliphatic heterocycles. The van der Waals surface area contributed by atoms with E-state index in [0.717, 1.165) is 40.7 Å². The van der Waals surface area contributed by atoms with E-state index in [1.807, 2.05) is 44.2 Å². The maximum absolute atomic E-state index is 13.6. The molecule has 1 spiro atoms. The zero-order valence-electron chi connectivity index (χ0n) is 30.3. The molecule has 1 fully saturated rings. The summed E-state index contributed by atoms with van der Waals surface area (Å²) in [5, 5.41) is 8.47. The van der Waals surface area contributed by atoms with Crippen molar-refractivity contribution in [3.8, 4) is 0 Å². The summed E-state index contributed by atoms with van der Waals surface area (Å²) in [5.74, 6) is -0.671. The molecule has 12 heteroatoms. The Morgan fingerprint density at radius 3 is 1.75 bits per heavy atom. The number of hydrogen-bond donors (Lipinski definition) is 1. The van der Waals surface area contributed by atoms with Crippen molar-refractivity contribution in [3.63, 3.8) is 0 Å². The van der Waals surface area contributed by atoms with Gasteiger partial charge in [0.05, 0.1) is 85.4 Å². The van der Waals surface area contributed by atoms with E-state index in [-0.39, 0.29) is 25.3 Å². The number of carbonyl (C=O) groups excluding carboxylic acids is 1. The van der Waals surface area contributed by atoms with Gasteiger partial charge in [-0.1, -0.05) is 48.0 Å². The number of esters is 1. The van der Waals surface area contributed by atoms with Crippen LogP contribution in [0.15, 0.2) is 48.2 Å². The number of benzene rings is 2. The van der Waals surface area contributed by atoms with E-state index < -0.39 is 11.6 Å². The van der Waals surface area contributed by atoms with E-state index in [4.69, 9.17) is 47.7 Å². The fraction of sp³-hybridized carbons (Fsp3) is 0.590. The van der Waals surface area contributed by atoms with Crippen molar-refractivity contribution in [3.05, 3.63) is 76.0 Å². The maximum atomic E-state index is 13.6. The van der Waals surface area contributed by atoms with Crippen molar-refractivity contribution in [2.75, 3.05) is 85.9 Å². The lowest BCUT2D eigenvalue weighted by Gasteiger charge is -2.37. The Labute approximate surface area is 301 Å². The highest BCUT2D eigenvalue weighted by Crippen LogP contribution is 2.48. The summed E-state index contributed by atoms with van der Waals surface area (Å²) in [7, 11) is 0. The van der Waals surface area contributed by atoms with Crippen LogP contribution in [0.5, 0.6) is 0 Å². The summed E-state index contributed by atoms with van der Waals surface area (Å²) < 4.78 is 51.2. The SMILES string of the molecule is Cc1cc(C)c(C2=C(OCc3ccccc3)C3(CCC(OCCOCCOCCOCCOCCOCCOCC(=O)O)CC3)OC2=O)c(C)c1. The largest absolute Gasteiger partial charge is 0.488 e. The molecule has 1 heterocycles. The van der Waals surface area contributed by atoms with Crippen LogP contribution in [0.4, 0.5) is 0 Å². The normalized spacial score (nSPS) is 18.8. The molecule has 0 radical (unpaired) electrons. The summed E-state index contributed by atoms with van der Waals surface area (Å²) in [5.41, 5.74) is 4.92. The molecule has 1 saturated carbocycles. The number of carboxylic acid groups (broad SMARTS) is 1. The first-order valence-corrected chi connectivity index (χ1v) is 17.8. The Balaban J connectivity index is 1.08. The van der Waals surface area contributed by atoms with E-state index in [1.165, 1.54) is 0 Å². The summed E-state index contributed by atoms with van der Waals surface area (Å²) in [6.45, 7) is 11.3. The van der Waals surface area contributed by atoms with Crippen LogP contribution in [-0.4, -0.2) is 115 Å². The van der Waals surface area contributed by atoms with Gasteiger partial charge in [0.15, 0.2) is 11.4 Å². The van der Waals surface area contributed by atoms with Crippen LogP contribution in [0.25, 0.3) is 5.57 Å². The van der Waals surface area contributed by atoms with E-state index >= 15 is 0 Å². The van der Waals surface area contributed by atoms with Gasteiger partial charge in [-0.05, 0) is 68.7 Å². The number of hydrogen-bond acceptors (Lipinski definition) is 11. The van der Waals surface area contributed by atoms with Gasteiger partial charge in [-0.2, -0.15) is 0 Å². The number of carbonyl (C=O) groups is 2. The first kappa shape index (κ1) is 40.4. The summed E-state index contributed by atoms with van der Waals surface area (Å²) in [6.07, 6.45) is 2.81. The van der Waals surface area contributed by atoms with Crippen LogP contribution in [0, 0.1) is 20.8 Å². The molecule has 0 aromatic heterocycles. The molecule has 51 heavy (non-hydrogen) atoms. The molecule has 2 aliphatic rings. The van der Waals surface area contributed by atoms with Crippen LogP contribution in [0.3, 0.4) is 0 Å². The minimum atomic E-state index is -0.999. The first-order valence-electron chi connectivity index (χ1n) is 17.8. The van der Waals surface area contributed by atoms with Gasteiger partial charge in [0, 0.05) is 0 Å². The number of aryl methyl sites for hydroxylation is 3. The Morgan fingerprint density at radius 2 is 1.24 bits per heavy atom. The third-order valence-corrected chi connectivity index (χ3v) is 8.69. The predicted molar refractivity (Wildman–Crippen MR) is 188 cm³/mol. The number of rotatable bonds is 25. The Bertz CT molecular complexity index is 1360. The van der Waals surface area contributed by atoms with Crippen LogP contribution in [0.1, 0.15) is 53.5 Å². The van der Waals surface area contributed by atoms with Gasteiger partial charge in [-0.25, -0.2) is 9.59 Å². The van der Waals surface area contributed by atoms with Gasteiger partial charge in [-0.15, -0.1) is 0 Å². The van der Waals surface area contributed by atoms with Crippen molar-refractivity contribution in [2.45, 2.75) is 64.8 Å². The molecule has 1 aliphatic carbocycles. The van der Waals surface area contributed by atoms with Crippen molar-refractivity contribution < 1.29 is 57.3 Å². The lowest BCUT2D eigenvalue weighted by molar-refractivity contribution is -0.154. The zero-order chi connectivity index (χ0) is 36.3. The standard InChI is InChI=1S/C39H54O12/c1-29-25-30(2)35(31(3)26-29)36-37(50-27-32-7-5-4-6-8-32)39(51-38(36)42)11-9-33(10-12-39)49-24-23-47-20-19-45-16-15-43-13-14-44-17-18-46-21-22-48-28-34(40)41/h4-8,25-26,33H,9-24,27-28H2,1-3H3,(H,40,41). The molecule has 0 atom stereocenters. The van der Waals surface area contributed by atoms with Crippen LogP contribution in [0.2, 0.25) is 0 Å². The van der Waals surface area contributed by atoms with Gasteiger partial charge < -0.3 is 47.7 Å². The number of aliphatic carboxylic acids is 1. The second-order valence-corrected chi connectivity index (χ2v) is 12.7. The van der Waals surface area contributed by atoms with E-state index in [9.17, 15) is 9.59 Å². The predicted octanol–water partition coefficient (Wildman–Crippen LogP) is 4.98. The monoisotopic (exact) mass is 714 g/mol. The van der Waals surface area contributed by atoms with Crippen LogP contribution in [-0.2, 0) is 58.8 Å². The number of carboxylic acids is 1. The molecule has 0 saturated heterocycles. The lowest BCUT2D eigenvalue weighted by Crippen LogP contribution is -2.40. The molecule has 0 amide bonds. The summed E-state index contributed by atoms with van der Waals surface area (Å²) >= 11 is 0. The number of ether oxygens (including phenoxy) is 9. The minimum Gasteiger partial charge on any atom is -0.488 e. The van der Waals surface area contributed by atoms with Gasteiger partial charge in [0.25, 0.3) is 0 Å². The highest BCUT2D eigenvalue weighted by molar-refractivity contribution is 6.20. The quantitative estimate of drug-likeness (QED) is 0.110. The van der Waals surface area contributed by atoms with Gasteiger partial charge in [0.2, 0.25) is 0 Å². The molecular formula is C39H54O12. The highest BCUT2D eigenvalue weighted by Gasteiger charge is 2.52. The van der Waals surface area contributed by atoms with Crippen molar-refractivity contribution in [1.82, 2.24) is 0 Å². The topological polar surface area (TPSA) is 137 Å². The van der Waals surface area contributed by atoms with E-state index in [1.54, 1.807) is 0 Å². The molecule has 0 bridgehead atoms. The third kappa shape index (κ3) is 13.3. The molecule has 2 aromatic rings. The molecule has 0 unspecified atom stereocenters. The van der Waals surface area contributed by atoms with E-state index in [0.29, 0.717) is 103 Å². The molecule has 4 rings (SSSR count). The van der Waals surface area contributed by atoms with Gasteiger partial charge in [-0.3, -0.25) is 0 Å². The average Bonchev–Trinajstić information content (AvgIpc) is 3.36. The lowest BCUT2D eigenvalue weighted by atomic mass is 9.80. The molecular weight excluding hydrogens is 660 g/mol.